The maximum Gasteiger partial charge on any atom is 0.0644 e. The van der Waals surface area contributed by atoms with Gasteiger partial charge in [-0.05, 0) is 24.1 Å². The van der Waals surface area contributed by atoms with Gasteiger partial charge in [-0.1, -0.05) is 12.1 Å². The van der Waals surface area contributed by atoms with Gasteiger partial charge in [0.15, 0.2) is 0 Å². The summed E-state index contributed by atoms with van der Waals surface area (Å²) in [5, 5.41) is 0. The second kappa shape index (κ2) is 5.29. The predicted octanol–water partition coefficient (Wildman–Crippen LogP) is 1.60. The summed E-state index contributed by atoms with van der Waals surface area (Å²) in [5.41, 5.74) is 13.9. The summed E-state index contributed by atoms with van der Waals surface area (Å²) in [6.45, 7) is 4.80. The Morgan fingerprint density at radius 1 is 1.36 bits per heavy atom. The van der Waals surface area contributed by atoms with E-state index in [1.165, 1.54) is 0 Å². The monoisotopic (exact) mass is 192 g/mol. The minimum Gasteiger partial charge on any atom is -0.399 e. The molecular formula is C11H16N2O. The molecule has 0 aliphatic heterocycles. The number of benzene rings is 1. The average molecular weight is 192 g/mol. The maximum absolute atomic E-state index is 5.78. The average Bonchev–Trinajstić information content (AvgIpc) is 2.15. The minimum absolute atomic E-state index is 0.578. The molecule has 3 heteroatoms. The molecule has 0 aliphatic rings. The van der Waals surface area contributed by atoms with E-state index >= 15 is 0 Å². The van der Waals surface area contributed by atoms with Crippen LogP contribution < -0.4 is 11.5 Å². The van der Waals surface area contributed by atoms with Crippen LogP contribution in [0, 0.1) is 0 Å². The molecule has 0 aliphatic carbocycles. The van der Waals surface area contributed by atoms with Crippen LogP contribution in [0.25, 0.3) is 0 Å². The Bertz CT molecular complexity index is 310. The summed E-state index contributed by atoms with van der Waals surface area (Å²) in [7, 11) is 0. The number of nitrogens with two attached hydrogens (primary N) is 2. The topological polar surface area (TPSA) is 61.3 Å². The largest absolute Gasteiger partial charge is 0.399 e. The Balaban J connectivity index is 2.46. The quantitative estimate of drug-likeness (QED) is 0.423. The van der Waals surface area contributed by atoms with Crippen LogP contribution in [0.15, 0.2) is 30.9 Å². The van der Waals surface area contributed by atoms with E-state index in [0.717, 1.165) is 17.7 Å². The Hall–Kier alpha value is -1.48. The van der Waals surface area contributed by atoms with Gasteiger partial charge in [0.2, 0.25) is 0 Å². The van der Waals surface area contributed by atoms with E-state index in [1.54, 1.807) is 12.1 Å². The van der Waals surface area contributed by atoms with Crippen LogP contribution in [0.5, 0.6) is 0 Å². The molecule has 0 amide bonds. The second-order valence-electron chi connectivity index (χ2n) is 3.07. The minimum atomic E-state index is 0.578. The lowest BCUT2D eigenvalue weighted by Gasteiger charge is -2.06. The summed E-state index contributed by atoms with van der Waals surface area (Å²) in [5.74, 6) is 0. The van der Waals surface area contributed by atoms with Crippen molar-refractivity contribution in [3.05, 3.63) is 36.4 Å². The fraction of sp³-hybridized carbons (Fsp3) is 0.273. The van der Waals surface area contributed by atoms with Gasteiger partial charge < -0.3 is 16.2 Å². The van der Waals surface area contributed by atoms with Crippen molar-refractivity contribution >= 4 is 11.4 Å². The number of nitrogen functional groups attached to an aromatic ring is 2. The Kier molecular flexibility index (Phi) is 4.01. The van der Waals surface area contributed by atoms with Crippen molar-refractivity contribution in [2.75, 3.05) is 24.7 Å². The first-order valence-electron chi connectivity index (χ1n) is 4.56. The summed E-state index contributed by atoms with van der Waals surface area (Å²) >= 11 is 0. The molecule has 1 aromatic rings. The molecule has 0 spiro atoms. The number of hydrogen-bond donors (Lipinski definition) is 2. The molecule has 0 heterocycles. The first-order chi connectivity index (χ1) is 6.74. The third-order valence-electron chi connectivity index (χ3n) is 1.92. The molecule has 0 unspecified atom stereocenters. The van der Waals surface area contributed by atoms with Crippen molar-refractivity contribution in [2.45, 2.75) is 6.42 Å². The zero-order valence-electron chi connectivity index (χ0n) is 8.20. The molecule has 0 aromatic heterocycles. The molecule has 0 saturated carbocycles. The second-order valence-corrected chi connectivity index (χ2v) is 3.07. The molecule has 0 fully saturated rings. The molecule has 76 valence electrons. The number of anilines is 2. The highest BCUT2D eigenvalue weighted by molar-refractivity contribution is 5.56. The molecule has 0 saturated heterocycles. The normalized spacial score (nSPS) is 10.0. The Labute approximate surface area is 84.4 Å². The van der Waals surface area contributed by atoms with E-state index in [1.807, 2.05) is 12.1 Å². The predicted molar refractivity (Wildman–Crippen MR) is 60.0 cm³/mol. The summed E-state index contributed by atoms with van der Waals surface area (Å²) < 4.78 is 5.27. The van der Waals surface area contributed by atoms with Crippen LogP contribution >= 0.6 is 0 Å². The highest BCUT2D eigenvalue weighted by Gasteiger charge is 1.98. The summed E-state index contributed by atoms with van der Waals surface area (Å²) in [6.07, 6.45) is 2.53. The highest BCUT2D eigenvalue weighted by atomic mass is 16.5. The van der Waals surface area contributed by atoms with Crippen LogP contribution in [0.4, 0.5) is 11.4 Å². The molecular weight excluding hydrogens is 176 g/mol. The van der Waals surface area contributed by atoms with Gasteiger partial charge in [0.25, 0.3) is 0 Å². The van der Waals surface area contributed by atoms with Crippen molar-refractivity contribution in [1.29, 1.82) is 0 Å². The third kappa shape index (κ3) is 3.11. The molecule has 0 bridgehead atoms. The standard InChI is InChI=1S/C11H16N2O/c1-2-6-14-7-5-9-3-4-10(12)8-11(9)13/h2-4,8H,1,5-7,12-13H2. The molecule has 4 N–H and O–H groups in total. The van der Waals surface area contributed by atoms with E-state index in [-0.39, 0.29) is 0 Å². The lowest BCUT2D eigenvalue weighted by molar-refractivity contribution is 0.166. The van der Waals surface area contributed by atoms with E-state index in [4.69, 9.17) is 16.2 Å². The van der Waals surface area contributed by atoms with Gasteiger partial charge in [0, 0.05) is 11.4 Å². The molecule has 0 radical (unpaired) electrons. The van der Waals surface area contributed by atoms with Gasteiger partial charge in [-0.3, -0.25) is 0 Å². The summed E-state index contributed by atoms with van der Waals surface area (Å²) in [6, 6.07) is 5.55. The van der Waals surface area contributed by atoms with Crippen molar-refractivity contribution in [1.82, 2.24) is 0 Å². The molecule has 3 nitrogen and oxygen atoms in total. The van der Waals surface area contributed by atoms with Crippen molar-refractivity contribution < 1.29 is 4.74 Å². The van der Waals surface area contributed by atoms with E-state index < -0.39 is 0 Å². The number of ether oxygens (including phenoxy) is 1. The van der Waals surface area contributed by atoms with Gasteiger partial charge in [0.1, 0.15) is 0 Å². The van der Waals surface area contributed by atoms with E-state index in [2.05, 4.69) is 6.58 Å². The van der Waals surface area contributed by atoms with Gasteiger partial charge in [-0.25, -0.2) is 0 Å². The fourth-order valence-electron chi connectivity index (χ4n) is 1.19. The van der Waals surface area contributed by atoms with Gasteiger partial charge in [-0.15, -0.1) is 6.58 Å². The van der Waals surface area contributed by atoms with E-state index in [9.17, 15) is 0 Å². The maximum atomic E-state index is 5.78. The number of rotatable bonds is 5. The highest BCUT2D eigenvalue weighted by Crippen LogP contribution is 2.15. The Morgan fingerprint density at radius 2 is 2.14 bits per heavy atom. The lowest BCUT2D eigenvalue weighted by atomic mass is 10.1. The molecule has 14 heavy (non-hydrogen) atoms. The smallest absolute Gasteiger partial charge is 0.0644 e. The van der Waals surface area contributed by atoms with Crippen LogP contribution in [-0.4, -0.2) is 13.2 Å². The Morgan fingerprint density at radius 3 is 2.79 bits per heavy atom. The first kappa shape index (κ1) is 10.6. The summed E-state index contributed by atoms with van der Waals surface area (Å²) in [4.78, 5) is 0. The van der Waals surface area contributed by atoms with E-state index in [0.29, 0.717) is 18.9 Å². The zero-order chi connectivity index (χ0) is 10.4. The SMILES string of the molecule is C=CCOCCc1ccc(N)cc1N. The van der Waals surface area contributed by atoms with Crippen molar-refractivity contribution in [2.24, 2.45) is 0 Å². The fourth-order valence-corrected chi connectivity index (χ4v) is 1.19. The third-order valence-corrected chi connectivity index (χ3v) is 1.92. The van der Waals surface area contributed by atoms with Crippen molar-refractivity contribution in [3.63, 3.8) is 0 Å². The molecule has 1 aromatic carbocycles. The molecule has 1 rings (SSSR count). The first-order valence-corrected chi connectivity index (χ1v) is 4.56. The number of hydrogen-bond acceptors (Lipinski definition) is 3. The van der Waals surface area contributed by atoms with Crippen LogP contribution in [0.1, 0.15) is 5.56 Å². The van der Waals surface area contributed by atoms with Gasteiger partial charge in [-0.2, -0.15) is 0 Å². The van der Waals surface area contributed by atoms with Crippen molar-refractivity contribution in [3.8, 4) is 0 Å². The van der Waals surface area contributed by atoms with Crippen LogP contribution in [-0.2, 0) is 11.2 Å². The van der Waals surface area contributed by atoms with Crippen LogP contribution in [0.2, 0.25) is 0 Å². The van der Waals surface area contributed by atoms with Crippen LogP contribution in [0.3, 0.4) is 0 Å². The molecule has 0 atom stereocenters. The van der Waals surface area contributed by atoms with Gasteiger partial charge in [0.05, 0.1) is 13.2 Å². The zero-order valence-corrected chi connectivity index (χ0v) is 8.20. The lowest BCUT2D eigenvalue weighted by Crippen LogP contribution is -2.02. The van der Waals surface area contributed by atoms with Gasteiger partial charge >= 0.3 is 0 Å².